The van der Waals surface area contributed by atoms with Crippen LogP contribution in [0.3, 0.4) is 0 Å². The number of esters is 1. The molecule has 1 aliphatic carbocycles. The second-order valence-corrected chi connectivity index (χ2v) is 6.78. The van der Waals surface area contributed by atoms with E-state index >= 15 is 0 Å². The average molecular weight is 336 g/mol. The molecule has 1 aromatic heterocycles. The fraction of sp³-hybridized carbons (Fsp3) is 0.625. The quantitative estimate of drug-likeness (QED) is 0.812. The molecule has 0 aliphatic heterocycles. The number of aromatic nitrogens is 2. The first-order valence-corrected chi connectivity index (χ1v) is 7.93. The number of ether oxygens (including phenoxy) is 2. The molecule has 8 heteroatoms. The lowest BCUT2D eigenvalue weighted by Crippen LogP contribution is -2.38. The summed E-state index contributed by atoms with van der Waals surface area (Å²) in [5.74, 6) is 0.0714. The van der Waals surface area contributed by atoms with Gasteiger partial charge in [0, 0.05) is 12.1 Å². The van der Waals surface area contributed by atoms with E-state index in [0.717, 1.165) is 19.3 Å². The highest BCUT2D eigenvalue weighted by Crippen LogP contribution is 2.22. The fourth-order valence-corrected chi connectivity index (χ4v) is 2.54. The maximum Gasteiger partial charge on any atom is 0.407 e. The molecule has 8 nitrogen and oxygen atoms in total. The fourth-order valence-electron chi connectivity index (χ4n) is 2.54. The van der Waals surface area contributed by atoms with Crippen LogP contribution in [0.1, 0.15) is 50.5 Å². The number of methoxy groups -OCH3 is 1. The van der Waals surface area contributed by atoms with Crippen LogP contribution >= 0.6 is 0 Å². The lowest BCUT2D eigenvalue weighted by molar-refractivity contribution is 0.0504. The zero-order valence-electron chi connectivity index (χ0n) is 14.5. The number of nitrogens with zero attached hydrogens (tertiary/aromatic N) is 2. The summed E-state index contributed by atoms with van der Waals surface area (Å²) in [7, 11) is 1.30. The van der Waals surface area contributed by atoms with E-state index in [9.17, 15) is 9.59 Å². The van der Waals surface area contributed by atoms with Crippen LogP contribution in [0.2, 0.25) is 0 Å². The third-order valence-electron chi connectivity index (χ3n) is 3.55. The predicted molar refractivity (Wildman–Crippen MR) is 87.8 cm³/mol. The highest BCUT2D eigenvalue weighted by Gasteiger charge is 2.27. The van der Waals surface area contributed by atoms with Gasteiger partial charge in [-0.1, -0.05) is 0 Å². The molecule has 0 unspecified atom stereocenters. The molecule has 1 amide bonds. The summed E-state index contributed by atoms with van der Waals surface area (Å²) in [5.41, 5.74) is -0.337. The van der Waals surface area contributed by atoms with Crippen molar-refractivity contribution < 1.29 is 19.1 Å². The predicted octanol–water partition coefficient (Wildman–Crippen LogP) is 2.12. The molecule has 2 atom stereocenters. The minimum absolute atomic E-state index is 0.0691. The van der Waals surface area contributed by atoms with Gasteiger partial charge in [0.25, 0.3) is 0 Å². The van der Waals surface area contributed by atoms with Crippen LogP contribution in [0.4, 0.5) is 10.6 Å². The number of rotatable bonds is 4. The molecule has 2 rings (SSSR count). The number of hydrogen-bond acceptors (Lipinski definition) is 7. The van der Waals surface area contributed by atoms with Crippen molar-refractivity contribution in [3.8, 4) is 0 Å². The molecule has 1 heterocycles. The first kappa shape index (κ1) is 18.0. The Morgan fingerprint density at radius 3 is 2.46 bits per heavy atom. The number of anilines is 1. The highest BCUT2D eigenvalue weighted by atomic mass is 16.6. The minimum atomic E-state index is -0.517. The van der Waals surface area contributed by atoms with Crippen LogP contribution in [0.25, 0.3) is 0 Å². The van der Waals surface area contributed by atoms with Crippen molar-refractivity contribution in [3.05, 3.63) is 18.1 Å². The molecule has 1 aliphatic rings. The Hall–Kier alpha value is -2.38. The Morgan fingerprint density at radius 2 is 1.88 bits per heavy atom. The number of carbonyl (C=O) groups excluding carboxylic acids is 2. The molecule has 0 bridgehead atoms. The zero-order chi connectivity index (χ0) is 17.7. The molecule has 2 N–H and O–H groups in total. The van der Waals surface area contributed by atoms with Gasteiger partial charge < -0.3 is 20.1 Å². The van der Waals surface area contributed by atoms with Crippen molar-refractivity contribution in [2.45, 2.75) is 57.7 Å². The number of amides is 1. The Kier molecular flexibility index (Phi) is 5.58. The Labute approximate surface area is 141 Å². The monoisotopic (exact) mass is 336 g/mol. The van der Waals surface area contributed by atoms with Crippen molar-refractivity contribution >= 4 is 17.9 Å². The van der Waals surface area contributed by atoms with Gasteiger partial charge in [-0.05, 0) is 40.0 Å². The van der Waals surface area contributed by atoms with Crippen molar-refractivity contribution in [1.29, 1.82) is 0 Å². The zero-order valence-corrected chi connectivity index (χ0v) is 14.5. The van der Waals surface area contributed by atoms with Gasteiger partial charge in [-0.25, -0.2) is 19.6 Å². The van der Waals surface area contributed by atoms with Crippen molar-refractivity contribution in [2.75, 3.05) is 12.4 Å². The SMILES string of the molecule is COC(=O)c1cnc(N[C@H]2CC[C@H](NC(=O)OC(C)(C)C)C2)cn1. The van der Waals surface area contributed by atoms with E-state index in [-0.39, 0.29) is 17.8 Å². The van der Waals surface area contributed by atoms with Gasteiger partial charge >= 0.3 is 12.1 Å². The molecule has 1 saturated carbocycles. The normalized spacial score (nSPS) is 20.3. The van der Waals surface area contributed by atoms with Crippen LogP contribution in [-0.2, 0) is 9.47 Å². The summed E-state index contributed by atoms with van der Waals surface area (Å²) in [6.07, 6.45) is 5.03. The van der Waals surface area contributed by atoms with Crippen LogP contribution in [0, 0.1) is 0 Å². The first-order valence-electron chi connectivity index (χ1n) is 7.93. The number of alkyl carbamates (subject to hydrolysis) is 1. The van der Waals surface area contributed by atoms with Crippen LogP contribution < -0.4 is 10.6 Å². The van der Waals surface area contributed by atoms with Crippen molar-refractivity contribution in [2.24, 2.45) is 0 Å². The van der Waals surface area contributed by atoms with Gasteiger partial charge in [0.1, 0.15) is 11.4 Å². The van der Waals surface area contributed by atoms with Crippen LogP contribution in [0.15, 0.2) is 12.4 Å². The Bertz CT molecular complexity index is 583. The van der Waals surface area contributed by atoms with E-state index in [2.05, 4.69) is 25.3 Å². The van der Waals surface area contributed by atoms with E-state index in [4.69, 9.17) is 4.74 Å². The number of carbonyl (C=O) groups is 2. The van der Waals surface area contributed by atoms with Gasteiger partial charge in [0.15, 0.2) is 5.69 Å². The second kappa shape index (κ2) is 7.46. The second-order valence-electron chi connectivity index (χ2n) is 6.78. The molecule has 0 spiro atoms. The van der Waals surface area contributed by atoms with Gasteiger partial charge in [-0.3, -0.25) is 0 Å². The minimum Gasteiger partial charge on any atom is -0.464 e. The summed E-state index contributed by atoms with van der Waals surface area (Å²) in [4.78, 5) is 31.3. The molecular weight excluding hydrogens is 312 g/mol. The van der Waals surface area contributed by atoms with E-state index in [0.29, 0.717) is 5.82 Å². The summed E-state index contributed by atoms with van der Waals surface area (Å²) >= 11 is 0. The van der Waals surface area contributed by atoms with Gasteiger partial charge in [-0.15, -0.1) is 0 Å². The maximum atomic E-state index is 11.8. The molecule has 0 radical (unpaired) electrons. The highest BCUT2D eigenvalue weighted by molar-refractivity contribution is 5.86. The van der Waals surface area contributed by atoms with Gasteiger partial charge in [0.05, 0.1) is 19.5 Å². The van der Waals surface area contributed by atoms with E-state index in [1.165, 1.54) is 19.5 Å². The number of hydrogen-bond donors (Lipinski definition) is 2. The molecular formula is C16H24N4O4. The summed E-state index contributed by atoms with van der Waals surface area (Å²) in [6.45, 7) is 5.51. The molecule has 1 fully saturated rings. The van der Waals surface area contributed by atoms with Crippen LogP contribution in [0.5, 0.6) is 0 Å². The smallest absolute Gasteiger partial charge is 0.407 e. The number of nitrogens with one attached hydrogen (secondary N) is 2. The van der Waals surface area contributed by atoms with E-state index in [1.54, 1.807) is 0 Å². The van der Waals surface area contributed by atoms with E-state index < -0.39 is 17.7 Å². The topological polar surface area (TPSA) is 102 Å². The standard InChI is InChI=1S/C16H24N4O4/c1-16(2,3)24-15(22)20-11-6-5-10(7-11)19-13-9-17-12(8-18-13)14(21)23-4/h8-11H,5-7H2,1-4H3,(H,18,19)(H,20,22)/t10-,11-/m0/s1. The summed E-state index contributed by atoms with van der Waals surface area (Å²) < 4.78 is 9.84. The third kappa shape index (κ3) is 5.36. The van der Waals surface area contributed by atoms with Crippen molar-refractivity contribution in [1.82, 2.24) is 15.3 Å². The maximum absolute atomic E-state index is 11.8. The molecule has 24 heavy (non-hydrogen) atoms. The molecule has 132 valence electrons. The first-order chi connectivity index (χ1) is 11.3. The molecule has 0 aromatic carbocycles. The largest absolute Gasteiger partial charge is 0.464 e. The summed E-state index contributed by atoms with van der Waals surface area (Å²) in [6, 6.07) is 0.253. The summed E-state index contributed by atoms with van der Waals surface area (Å²) in [5, 5.41) is 6.14. The van der Waals surface area contributed by atoms with Gasteiger partial charge in [-0.2, -0.15) is 0 Å². The van der Waals surface area contributed by atoms with Crippen LogP contribution in [-0.4, -0.2) is 46.8 Å². The van der Waals surface area contributed by atoms with Gasteiger partial charge in [0.2, 0.25) is 0 Å². The lowest BCUT2D eigenvalue weighted by atomic mass is 10.2. The molecule has 1 aromatic rings. The molecule has 0 saturated heterocycles. The Morgan fingerprint density at radius 1 is 1.17 bits per heavy atom. The average Bonchev–Trinajstić information content (AvgIpc) is 2.92. The third-order valence-corrected chi connectivity index (χ3v) is 3.55. The Balaban J connectivity index is 1.81. The lowest BCUT2D eigenvalue weighted by Gasteiger charge is -2.21. The van der Waals surface area contributed by atoms with E-state index in [1.807, 2.05) is 20.8 Å². The van der Waals surface area contributed by atoms with Crippen molar-refractivity contribution in [3.63, 3.8) is 0 Å².